The molecule has 2 aliphatic rings. The van der Waals surface area contributed by atoms with Crippen molar-refractivity contribution in [1.29, 1.82) is 0 Å². The second-order valence-electron chi connectivity index (χ2n) is 6.11. The van der Waals surface area contributed by atoms with Gasteiger partial charge in [0, 0.05) is 31.1 Å². The first-order valence-corrected chi connectivity index (χ1v) is 7.31. The number of nitrogens with two attached hydrogens (primary N) is 1. The van der Waals surface area contributed by atoms with E-state index in [0.29, 0.717) is 18.2 Å². The van der Waals surface area contributed by atoms with Crippen LogP contribution in [0.3, 0.4) is 0 Å². The van der Waals surface area contributed by atoms with E-state index in [4.69, 9.17) is 10.3 Å². The summed E-state index contributed by atoms with van der Waals surface area (Å²) in [5, 5.41) is 6.80. The van der Waals surface area contributed by atoms with Crippen molar-refractivity contribution >= 4 is 11.8 Å². The van der Waals surface area contributed by atoms with Crippen molar-refractivity contribution in [3.8, 4) is 0 Å². The molecule has 3 N–H and O–H groups in total. The molecule has 1 aliphatic carbocycles. The monoisotopic (exact) mass is 292 g/mol. The molecule has 1 aromatic rings. The van der Waals surface area contributed by atoms with Gasteiger partial charge in [0.1, 0.15) is 5.76 Å². The molecule has 1 saturated heterocycles. The second kappa shape index (κ2) is 5.48. The summed E-state index contributed by atoms with van der Waals surface area (Å²) >= 11 is 0. The number of aromatic nitrogens is 1. The Morgan fingerprint density at radius 1 is 1.48 bits per heavy atom. The Hall–Kier alpha value is -1.89. The van der Waals surface area contributed by atoms with Crippen molar-refractivity contribution in [1.82, 2.24) is 15.4 Å². The highest BCUT2D eigenvalue weighted by Crippen LogP contribution is 2.40. The van der Waals surface area contributed by atoms with E-state index in [2.05, 4.69) is 10.5 Å². The maximum atomic E-state index is 12.2. The summed E-state index contributed by atoms with van der Waals surface area (Å²) in [6, 6.07) is 1.73. The summed E-state index contributed by atoms with van der Waals surface area (Å²) in [6.07, 6.45) is 2.22. The van der Waals surface area contributed by atoms with Gasteiger partial charge in [0.15, 0.2) is 5.69 Å². The van der Waals surface area contributed by atoms with E-state index in [-0.39, 0.29) is 30.3 Å². The van der Waals surface area contributed by atoms with Crippen LogP contribution in [-0.2, 0) is 4.79 Å². The van der Waals surface area contributed by atoms with Gasteiger partial charge in [0.25, 0.3) is 5.91 Å². The van der Waals surface area contributed by atoms with E-state index in [1.54, 1.807) is 6.07 Å². The third-order valence-electron chi connectivity index (χ3n) is 4.12. The highest BCUT2D eigenvalue weighted by molar-refractivity contribution is 5.92. The lowest BCUT2D eigenvalue weighted by molar-refractivity contribution is -0.118. The number of hydrogen-bond acceptors (Lipinski definition) is 5. The Bertz CT molecular complexity index is 552. The molecular formula is C14H20N4O3. The predicted molar refractivity (Wildman–Crippen MR) is 74.5 cm³/mol. The van der Waals surface area contributed by atoms with Gasteiger partial charge in [-0.25, -0.2) is 0 Å². The standard InChI is InChI=1S/C14H20N4O3/c1-8-5-18(7-13(15)19)6-11(8)16-14(20)10-4-12(21-17-10)9-2-3-9/h4,8-9,11H,2-3,5-7H2,1H3,(H2,15,19)(H,16,20)/t8-,11-/m0/s1. The third kappa shape index (κ3) is 3.24. The molecule has 1 aromatic heterocycles. The summed E-state index contributed by atoms with van der Waals surface area (Å²) in [5.74, 6) is 0.941. The summed E-state index contributed by atoms with van der Waals surface area (Å²) in [5.41, 5.74) is 5.53. The van der Waals surface area contributed by atoms with Crippen molar-refractivity contribution in [2.45, 2.75) is 31.7 Å². The lowest BCUT2D eigenvalue weighted by atomic mass is 10.1. The van der Waals surface area contributed by atoms with Crippen LogP contribution in [0.4, 0.5) is 0 Å². The Morgan fingerprint density at radius 3 is 2.90 bits per heavy atom. The number of carbonyl (C=O) groups is 2. The van der Waals surface area contributed by atoms with E-state index in [1.807, 2.05) is 11.8 Å². The van der Waals surface area contributed by atoms with Crippen LogP contribution in [0.5, 0.6) is 0 Å². The zero-order chi connectivity index (χ0) is 15.0. The topological polar surface area (TPSA) is 101 Å². The number of nitrogens with zero attached hydrogens (tertiary/aromatic N) is 2. The van der Waals surface area contributed by atoms with E-state index < -0.39 is 0 Å². The van der Waals surface area contributed by atoms with E-state index in [1.165, 1.54) is 0 Å². The molecule has 0 bridgehead atoms. The SMILES string of the molecule is C[C@H]1CN(CC(N)=O)C[C@@H]1NC(=O)c1cc(C2CC2)on1. The van der Waals surface area contributed by atoms with Gasteiger partial charge in [-0.3, -0.25) is 14.5 Å². The zero-order valence-corrected chi connectivity index (χ0v) is 12.0. The maximum Gasteiger partial charge on any atom is 0.273 e. The fourth-order valence-corrected chi connectivity index (χ4v) is 2.80. The number of primary amides is 1. The smallest absolute Gasteiger partial charge is 0.273 e. The molecular weight excluding hydrogens is 272 g/mol. The number of rotatable bonds is 5. The molecule has 1 saturated carbocycles. The number of nitrogens with one attached hydrogen (secondary N) is 1. The van der Waals surface area contributed by atoms with Crippen LogP contribution < -0.4 is 11.1 Å². The fourth-order valence-electron chi connectivity index (χ4n) is 2.80. The van der Waals surface area contributed by atoms with Crippen LogP contribution in [0, 0.1) is 5.92 Å². The molecule has 21 heavy (non-hydrogen) atoms. The molecule has 2 heterocycles. The van der Waals surface area contributed by atoms with Gasteiger partial charge in [0.2, 0.25) is 5.91 Å². The minimum absolute atomic E-state index is 0.00192. The summed E-state index contributed by atoms with van der Waals surface area (Å²) in [4.78, 5) is 25.1. The molecule has 2 atom stereocenters. The molecule has 1 aliphatic heterocycles. The number of amides is 2. The highest BCUT2D eigenvalue weighted by Gasteiger charge is 2.33. The minimum atomic E-state index is -0.347. The Morgan fingerprint density at radius 2 is 2.24 bits per heavy atom. The molecule has 0 aromatic carbocycles. The molecule has 2 amide bonds. The van der Waals surface area contributed by atoms with Crippen molar-refractivity contribution in [2.24, 2.45) is 11.7 Å². The highest BCUT2D eigenvalue weighted by atomic mass is 16.5. The normalized spacial score (nSPS) is 26.0. The van der Waals surface area contributed by atoms with Crippen LogP contribution >= 0.6 is 0 Å². The van der Waals surface area contributed by atoms with Crippen LogP contribution in [-0.4, -0.2) is 47.5 Å². The minimum Gasteiger partial charge on any atom is -0.369 e. The Balaban J connectivity index is 1.57. The summed E-state index contributed by atoms with van der Waals surface area (Å²) in [6.45, 7) is 3.65. The Labute approximate surface area is 122 Å². The quantitative estimate of drug-likeness (QED) is 0.800. The first-order valence-electron chi connectivity index (χ1n) is 7.31. The molecule has 7 heteroatoms. The molecule has 7 nitrogen and oxygen atoms in total. The summed E-state index contributed by atoms with van der Waals surface area (Å²) in [7, 11) is 0. The fraction of sp³-hybridized carbons (Fsp3) is 0.643. The molecule has 0 spiro atoms. The van der Waals surface area contributed by atoms with Gasteiger partial charge in [-0.1, -0.05) is 12.1 Å². The number of hydrogen-bond donors (Lipinski definition) is 2. The van der Waals surface area contributed by atoms with Crippen molar-refractivity contribution in [2.75, 3.05) is 19.6 Å². The van der Waals surface area contributed by atoms with E-state index in [0.717, 1.165) is 25.1 Å². The van der Waals surface area contributed by atoms with E-state index >= 15 is 0 Å². The zero-order valence-electron chi connectivity index (χ0n) is 12.0. The average molecular weight is 292 g/mol. The van der Waals surface area contributed by atoms with Crippen LogP contribution in [0.2, 0.25) is 0 Å². The Kier molecular flexibility index (Phi) is 3.67. The molecule has 0 unspecified atom stereocenters. The molecule has 0 radical (unpaired) electrons. The van der Waals surface area contributed by atoms with Crippen molar-refractivity contribution < 1.29 is 14.1 Å². The van der Waals surface area contributed by atoms with Gasteiger partial charge < -0.3 is 15.6 Å². The largest absolute Gasteiger partial charge is 0.369 e. The number of likely N-dealkylation sites (tertiary alicyclic amines) is 1. The summed E-state index contributed by atoms with van der Waals surface area (Å²) < 4.78 is 5.19. The van der Waals surface area contributed by atoms with Gasteiger partial charge in [-0.15, -0.1) is 0 Å². The average Bonchev–Trinajstić information content (AvgIpc) is 3.04. The third-order valence-corrected chi connectivity index (χ3v) is 4.12. The molecule has 3 rings (SSSR count). The second-order valence-corrected chi connectivity index (χ2v) is 6.11. The lowest BCUT2D eigenvalue weighted by Crippen LogP contribution is -2.40. The predicted octanol–water partition coefficient (Wildman–Crippen LogP) is 0.0874. The molecule has 2 fully saturated rings. The van der Waals surface area contributed by atoms with E-state index in [9.17, 15) is 9.59 Å². The molecule has 114 valence electrons. The van der Waals surface area contributed by atoms with Crippen molar-refractivity contribution in [3.05, 3.63) is 17.5 Å². The van der Waals surface area contributed by atoms with Gasteiger partial charge in [-0.2, -0.15) is 0 Å². The first-order chi connectivity index (χ1) is 10.0. The van der Waals surface area contributed by atoms with Crippen LogP contribution in [0.25, 0.3) is 0 Å². The van der Waals surface area contributed by atoms with Gasteiger partial charge in [-0.05, 0) is 18.8 Å². The van der Waals surface area contributed by atoms with Crippen LogP contribution in [0.15, 0.2) is 10.6 Å². The number of carbonyl (C=O) groups excluding carboxylic acids is 2. The van der Waals surface area contributed by atoms with Gasteiger partial charge in [0.05, 0.1) is 6.54 Å². The maximum absolute atomic E-state index is 12.2. The first kappa shape index (κ1) is 14.1. The van der Waals surface area contributed by atoms with Crippen molar-refractivity contribution in [3.63, 3.8) is 0 Å². The van der Waals surface area contributed by atoms with Crippen LogP contribution in [0.1, 0.15) is 41.9 Å². The van der Waals surface area contributed by atoms with Gasteiger partial charge >= 0.3 is 0 Å². The lowest BCUT2D eigenvalue weighted by Gasteiger charge is -2.15.